The van der Waals surface area contributed by atoms with Crippen molar-refractivity contribution in [3.8, 4) is 0 Å². The van der Waals surface area contributed by atoms with Crippen molar-refractivity contribution in [2.24, 2.45) is 0 Å². The lowest BCUT2D eigenvalue weighted by molar-refractivity contribution is -0.179. The Morgan fingerprint density at radius 3 is 1.84 bits per heavy atom. The number of carbonyl (C=O) groups excluding carboxylic acids is 1. The van der Waals surface area contributed by atoms with E-state index >= 15 is 0 Å². The van der Waals surface area contributed by atoms with Crippen molar-refractivity contribution in [1.29, 1.82) is 0 Å². The first-order valence-corrected chi connectivity index (χ1v) is 10.7. The third-order valence-electron chi connectivity index (χ3n) is 5.25. The van der Waals surface area contributed by atoms with Crippen LogP contribution in [0.4, 0.5) is 0 Å². The van der Waals surface area contributed by atoms with Crippen LogP contribution < -0.4 is 0 Å². The van der Waals surface area contributed by atoms with Crippen LogP contribution in [-0.2, 0) is 37.8 Å². The Morgan fingerprint density at radius 1 is 0.781 bits per heavy atom. The van der Waals surface area contributed by atoms with Gasteiger partial charge in [-0.3, -0.25) is 4.79 Å². The zero-order valence-corrected chi connectivity index (χ0v) is 18.1. The monoisotopic (exact) mass is 429 g/mol. The number of carbonyl (C=O) groups is 1. The van der Waals surface area contributed by atoms with E-state index in [4.69, 9.17) is 14.2 Å². The van der Waals surface area contributed by atoms with Gasteiger partial charge < -0.3 is 19.2 Å². The van der Waals surface area contributed by atoms with E-state index in [2.05, 4.69) is 4.98 Å². The van der Waals surface area contributed by atoms with Crippen LogP contribution in [0.3, 0.4) is 0 Å². The highest BCUT2D eigenvalue weighted by Crippen LogP contribution is 2.30. The molecule has 0 aliphatic rings. The fourth-order valence-corrected chi connectivity index (χ4v) is 3.72. The molecule has 3 aromatic carbocycles. The van der Waals surface area contributed by atoms with Crippen molar-refractivity contribution >= 4 is 16.9 Å². The van der Waals surface area contributed by atoms with Gasteiger partial charge in [-0.15, -0.1) is 0 Å². The van der Waals surface area contributed by atoms with E-state index in [1.165, 1.54) is 6.92 Å². The zero-order chi connectivity index (χ0) is 22.2. The van der Waals surface area contributed by atoms with Gasteiger partial charge in [-0.2, -0.15) is 0 Å². The summed E-state index contributed by atoms with van der Waals surface area (Å²) in [7, 11) is 0. The zero-order valence-electron chi connectivity index (χ0n) is 18.1. The smallest absolute Gasteiger partial charge is 0.303 e. The number of rotatable bonds is 10. The molecule has 0 fully saturated rings. The predicted octanol–water partition coefficient (Wildman–Crippen LogP) is 5.36. The standard InChI is InChI=1S/C27H27NO4/c1-21(29)32-27(19-30-17-22-10-4-2-5-11-22,20-31-18-23-12-6-3-7-13-23)26-16-24-14-8-9-15-25(24)28-26/h2-16,28H,17-20H2,1H3. The summed E-state index contributed by atoms with van der Waals surface area (Å²) in [6, 6.07) is 29.8. The minimum Gasteiger partial charge on any atom is -0.448 e. The molecule has 0 aliphatic carbocycles. The van der Waals surface area contributed by atoms with Gasteiger partial charge in [0.1, 0.15) is 0 Å². The molecule has 0 spiro atoms. The summed E-state index contributed by atoms with van der Waals surface area (Å²) in [6.07, 6.45) is 0. The van der Waals surface area contributed by atoms with Crippen molar-refractivity contribution in [2.75, 3.05) is 13.2 Å². The van der Waals surface area contributed by atoms with Crippen LogP contribution in [0.5, 0.6) is 0 Å². The summed E-state index contributed by atoms with van der Waals surface area (Å²) < 4.78 is 18.0. The number of nitrogens with one attached hydrogen (secondary N) is 1. The number of hydrogen-bond acceptors (Lipinski definition) is 4. The van der Waals surface area contributed by atoms with Crippen LogP contribution in [0.15, 0.2) is 91.0 Å². The average molecular weight is 430 g/mol. The van der Waals surface area contributed by atoms with Crippen LogP contribution in [0.1, 0.15) is 23.7 Å². The minimum atomic E-state index is -1.10. The number of para-hydroxylation sites is 1. The maximum Gasteiger partial charge on any atom is 0.303 e. The van der Waals surface area contributed by atoms with Gasteiger partial charge in [0, 0.05) is 12.4 Å². The number of aromatic amines is 1. The third kappa shape index (κ3) is 5.44. The highest BCUT2D eigenvalue weighted by Gasteiger charge is 2.38. The highest BCUT2D eigenvalue weighted by atomic mass is 16.6. The number of aromatic nitrogens is 1. The molecule has 4 rings (SSSR count). The Labute approximate surface area is 187 Å². The number of H-pyrrole nitrogens is 1. The number of esters is 1. The second-order valence-corrected chi connectivity index (χ2v) is 7.81. The normalized spacial score (nSPS) is 11.5. The third-order valence-corrected chi connectivity index (χ3v) is 5.25. The Hall–Kier alpha value is -3.41. The van der Waals surface area contributed by atoms with Crippen molar-refractivity contribution < 1.29 is 19.0 Å². The largest absolute Gasteiger partial charge is 0.448 e. The first kappa shape index (κ1) is 21.8. The molecular weight excluding hydrogens is 402 g/mol. The summed E-state index contributed by atoms with van der Waals surface area (Å²) in [5, 5.41) is 1.03. The summed E-state index contributed by atoms with van der Waals surface area (Å²) >= 11 is 0. The van der Waals surface area contributed by atoms with Gasteiger partial charge >= 0.3 is 5.97 Å². The molecule has 32 heavy (non-hydrogen) atoms. The molecule has 0 radical (unpaired) electrons. The van der Waals surface area contributed by atoms with E-state index in [0.29, 0.717) is 13.2 Å². The van der Waals surface area contributed by atoms with Crippen LogP contribution in [0.25, 0.3) is 10.9 Å². The quantitative estimate of drug-likeness (QED) is 0.345. The van der Waals surface area contributed by atoms with E-state index in [9.17, 15) is 4.79 Å². The average Bonchev–Trinajstić information content (AvgIpc) is 3.25. The SMILES string of the molecule is CC(=O)OC(COCc1ccccc1)(COCc1ccccc1)c1cc2ccccc2[nH]1. The number of fused-ring (bicyclic) bond motifs is 1. The second-order valence-electron chi connectivity index (χ2n) is 7.81. The Balaban J connectivity index is 1.59. The Bertz CT molecular complexity index is 1060. The van der Waals surface area contributed by atoms with E-state index in [0.717, 1.165) is 27.7 Å². The number of ether oxygens (including phenoxy) is 3. The lowest BCUT2D eigenvalue weighted by atomic mass is 10.0. The van der Waals surface area contributed by atoms with Crippen molar-refractivity contribution in [2.45, 2.75) is 25.7 Å². The van der Waals surface area contributed by atoms with Crippen LogP contribution in [0, 0.1) is 0 Å². The van der Waals surface area contributed by atoms with Crippen LogP contribution in [0.2, 0.25) is 0 Å². The van der Waals surface area contributed by atoms with Gasteiger partial charge in [-0.25, -0.2) is 0 Å². The van der Waals surface area contributed by atoms with E-state index in [-0.39, 0.29) is 13.2 Å². The number of benzene rings is 3. The molecule has 0 atom stereocenters. The van der Waals surface area contributed by atoms with Crippen molar-refractivity contribution in [1.82, 2.24) is 4.98 Å². The van der Waals surface area contributed by atoms with E-state index in [1.807, 2.05) is 91.0 Å². The molecule has 0 unspecified atom stereocenters. The molecule has 1 N–H and O–H groups in total. The first-order chi connectivity index (χ1) is 15.6. The fourth-order valence-electron chi connectivity index (χ4n) is 3.72. The van der Waals surface area contributed by atoms with Gasteiger partial charge in [-0.1, -0.05) is 78.9 Å². The molecule has 0 amide bonds. The molecule has 4 aromatic rings. The molecule has 1 heterocycles. The predicted molar refractivity (Wildman–Crippen MR) is 124 cm³/mol. The fraction of sp³-hybridized carbons (Fsp3) is 0.222. The summed E-state index contributed by atoms with van der Waals surface area (Å²) in [5.74, 6) is -0.393. The minimum absolute atomic E-state index is 0.156. The molecule has 0 aliphatic heterocycles. The van der Waals surface area contributed by atoms with Gasteiger partial charge in [-0.05, 0) is 28.6 Å². The number of hydrogen-bond donors (Lipinski definition) is 1. The van der Waals surface area contributed by atoms with Crippen LogP contribution >= 0.6 is 0 Å². The van der Waals surface area contributed by atoms with E-state index in [1.54, 1.807) is 0 Å². The molecule has 0 saturated carbocycles. The van der Waals surface area contributed by atoms with Gasteiger partial charge in [0.2, 0.25) is 0 Å². The summed E-state index contributed by atoms with van der Waals surface area (Å²) in [6.45, 7) is 2.53. The lowest BCUT2D eigenvalue weighted by Crippen LogP contribution is -2.41. The molecular formula is C27H27NO4. The molecule has 5 nitrogen and oxygen atoms in total. The lowest BCUT2D eigenvalue weighted by Gasteiger charge is -2.32. The molecule has 164 valence electrons. The van der Waals surface area contributed by atoms with Gasteiger partial charge in [0.05, 0.1) is 32.1 Å². The maximum atomic E-state index is 12.2. The van der Waals surface area contributed by atoms with Crippen LogP contribution in [-0.4, -0.2) is 24.2 Å². The topological polar surface area (TPSA) is 60.6 Å². The summed E-state index contributed by atoms with van der Waals surface area (Å²) in [5.41, 5.74) is 2.70. The summed E-state index contributed by atoms with van der Waals surface area (Å²) in [4.78, 5) is 15.6. The van der Waals surface area contributed by atoms with Gasteiger partial charge in [0.15, 0.2) is 5.60 Å². The highest BCUT2D eigenvalue weighted by molar-refractivity contribution is 5.80. The first-order valence-electron chi connectivity index (χ1n) is 10.7. The van der Waals surface area contributed by atoms with Crippen molar-refractivity contribution in [3.63, 3.8) is 0 Å². The van der Waals surface area contributed by atoms with Crippen molar-refractivity contribution in [3.05, 3.63) is 108 Å². The second kappa shape index (κ2) is 10.3. The van der Waals surface area contributed by atoms with E-state index < -0.39 is 11.6 Å². The van der Waals surface area contributed by atoms with Gasteiger partial charge in [0.25, 0.3) is 0 Å². The maximum absolute atomic E-state index is 12.2. The molecule has 1 aromatic heterocycles. The molecule has 0 bridgehead atoms. The molecule has 5 heteroatoms. The molecule has 0 saturated heterocycles. The Kier molecular flexibility index (Phi) is 7.00. The Morgan fingerprint density at radius 2 is 1.31 bits per heavy atom.